The summed E-state index contributed by atoms with van der Waals surface area (Å²) >= 11 is 6.22. The Morgan fingerprint density at radius 2 is 1.90 bits per heavy atom. The van der Waals surface area contributed by atoms with E-state index in [4.69, 9.17) is 21.1 Å². The van der Waals surface area contributed by atoms with Gasteiger partial charge in [0.2, 0.25) is 0 Å². The maximum atomic E-state index is 6.22. The van der Waals surface area contributed by atoms with Crippen LogP contribution >= 0.6 is 11.6 Å². The van der Waals surface area contributed by atoms with E-state index in [1.165, 1.54) is 0 Å². The molecule has 2 aromatic rings. The topological polar surface area (TPSA) is 30.5 Å². The minimum Gasteiger partial charge on any atom is -0.466 e. The van der Waals surface area contributed by atoms with E-state index in [-0.39, 0.29) is 12.8 Å². The van der Waals surface area contributed by atoms with Crippen LogP contribution in [0.3, 0.4) is 0 Å². The average molecular weight is 306 g/mol. The molecule has 0 heterocycles. The lowest BCUT2D eigenvalue weighted by Crippen LogP contribution is -2.12. The second kappa shape index (κ2) is 8.03. The van der Waals surface area contributed by atoms with Crippen LogP contribution in [0.4, 0.5) is 0 Å². The molecule has 0 aromatic heterocycles. The molecular formula is C17H20ClNO2. The van der Waals surface area contributed by atoms with Crippen LogP contribution in [0.5, 0.6) is 5.75 Å². The van der Waals surface area contributed by atoms with Gasteiger partial charge in [-0.3, -0.25) is 0 Å². The molecule has 0 aliphatic carbocycles. The summed E-state index contributed by atoms with van der Waals surface area (Å²) in [6.45, 7) is 2.78. The molecule has 0 radical (unpaired) electrons. The Kier molecular flexibility index (Phi) is 6.05. The first kappa shape index (κ1) is 15.8. The summed E-state index contributed by atoms with van der Waals surface area (Å²) in [7, 11) is 1.92. The standard InChI is InChI=1S/C17H20ClNO2/c1-13(19-2)15-8-9-17(16(18)10-15)21-12-20-11-14-6-4-3-5-7-14/h3-10,13,19H,11-12H2,1-2H3. The van der Waals surface area contributed by atoms with Crippen LogP contribution in [0.25, 0.3) is 0 Å². The predicted molar refractivity (Wildman–Crippen MR) is 85.7 cm³/mol. The van der Waals surface area contributed by atoms with E-state index in [0.29, 0.717) is 17.4 Å². The highest BCUT2D eigenvalue weighted by Gasteiger charge is 2.07. The second-order valence-electron chi connectivity index (χ2n) is 4.80. The molecule has 3 nitrogen and oxygen atoms in total. The Morgan fingerprint density at radius 1 is 1.14 bits per heavy atom. The molecular weight excluding hydrogens is 286 g/mol. The van der Waals surface area contributed by atoms with Crippen molar-refractivity contribution in [1.82, 2.24) is 5.32 Å². The van der Waals surface area contributed by atoms with E-state index in [9.17, 15) is 0 Å². The molecule has 4 heteroatoms. The Balaban J connectivity index is 1.83. The smallest absolute Gasteiger partial charge is 0.189 e. The number of nitrogens with one attached hydrogen (secondary N) is 1. The molecule has 1 unspecified atom stereocenters. The van der Waals surface area contributed by atoms with Crippen LogP contribution < -0.4 is 10.1 Å². The lowest BCUT2D eigenvalue weighted by molar-refractivity contribution is 0.00509. The van der Waals surface area contributed by atoms with Gasteiger partial charge in [0.15, 0.2) is 6.79 Å². The molecule has 0 aliphatic heterocycles. The Bertz CT molecular complexity index is 560. The molecule has 0 aliphatic rings. The van der Waals surface area contributed by atoms with Crippen molar-refractivity contribution in [2.75, 3.05) is 13.8 Å². The van der Waals surface area contributed by atoms with E-state index in [1.807, 2.05) is 55.6 Å². The van der Waals surface area contributed by atoms with Gasteiger partial charge < -0.3 is 14.8 Å². The Labute approximate surface area is 130 Å². The minimum atomic E-state index is 0.176. The van der Waals surface area contributed by atoms with Crippen molar-refractivity contribution in [3.8, 4) is 5.75 Å². The quantitative estimate of drug-likeness (QED) is 0.615. The first-order valence-electron chi connectivity index (χ1n) is 6.92. The van der Waals surface area contributed by atoms with Gasteiger partial charge in [-0.25, -0.2) is 0 Å². The largest absolute Gasteiger partial charge is 0.466 e. The molecule has 0 saturated heterocycles. The number of halogens is 1. The van der Waals surface area contributed by atoms with Gasteiger partial charge in [0, 0.05) is 6.04 Å². The molecule has 0 spiro atoms. The van der Waals surface area contributed by atoms with Gasteiger partial charge in [-0.05, 0) is 37.2 Å². The van der Waals surface area contributed by atoms with E-state index >= 15 is 0 Å². The van der Waals surface area contributed by atoms with Crippen molar-refractivity contribution >= 4 is 11.6 Å². The van der Waals surface area contributed by atoms with Gasteiger partial charge in [-0.15, -0.1) is 0 Å². The summed E-state index contributed by atoms with van der Waals surface area (Å²) in [5, 5.41) is 3.77. The fourth-order valence-corrected chi connectivity index (χ4v) is 2.15. The molecule has 2 aromatic carbocycles. The first-order chi connectivity index (χ1) is 10.2. The molecule has 112 valence electrons. The SMILES string of the molecule is CNC(C)c1ccc(OCOCc2ccccc2)c(Cl)c1. The third-order valence-corrected chi connectivity index (χ3v) is 3.59. The van der Waals surface area contributed by atoms with Crippen LogP contribution in [-0.4, -0.2) is 13.8 Å². The van der Waals surface area contributed by atoms with Gasteiger partial charge in [0.1, 0.15) is 5.75 Å². The van der Waals surface area contributed by atoms with Crippen molar-refractivity contribution in [3.05, 3.63) is 64.7 Å². The minimum absolute atomic E-state index is 0.176. The van der Waals surface area contributed by atoms with Gasteiger partial charge in [-0.1, -0.05) is 48.0 Å². The van der Waals surface area contributed by atoms with Crippen LogP contribution in [0.2, 0.25) is 5.02 Å². The van der Waals surface area contributed by atoms with Crippen molar-refractivity contribution < 1.29 is 9.47 Å². The van der Waals surface area contributed by atoms with Crippen molar-refractivity contribution in [3.63, 3.8) is 0 Å². The van der Waals surface area contributed by atoms with E-state index in [0.717, 1.165) is 11.1 Å². The zero-order valence-electron chi connectivity index (χ0n) is 12.3. The highest BCUT2D eigenvalue weighted by Crippen LogP contribution is 2.27. The van der Waals surface area contributed by atoms with Crippen LogP contribution in [0, 0.1) is 0 Å². The third-order valence-electron chi connectivity index (χ3n) is 3.30. The average Bonchev–Trinajstić information content (AvgIpc) is 2.53. The van der Waals surface area contributed by atoms with Crippen LogP contribution in [-0.2, 0) is 11.3 Å². The second-order valence-corrected chi connectivity index (χ2v) is 5.20. The molecule has 0 fully saturated rings. The highest BCUT2D eigenvalue weighted by molar-refractivity contribution is 6.32. The van der Waals surface area contributed by atoms with Gasteiger partial charge in [-0.2, -0.15) is 0 Å². The summed E-state index contributed by atoms with van der Waals surface area (Å²) in [5.74, 6) is 0.636. The fraction of sp³-hybridized carbons (Fsp3) is 0.294. The van der Waals surface area contributed by atoms with Crippen molar-refractivity contribution in [1.29, 1.82) is 0 Å². The van der Waals surface area contributed by atoms with Gasteiger partial charge in [0.05, 0.1) is 11.6 Å². The molecule has 1 N–H and O–H groups in total. The molecule has 1 atom stereocenters. The summed E-state index contributed by atoms with van der Waals surface area (Å²) in [6, 6.07) is 16.0. The highest BCUT2D eigenvalue weighted by atomic mass is 35.5. The van der Waals surface area contributed by atoms with Crippen molar-refractivity contribution in [2.45, 2.75) is 19.6 Å². The van der Waals surface area contributed by atoms with Crippen molar-refractivity contribution in [2.24, 2.45) is 0 Å². The zero-order valence-corrected chi connectivity index (χ0v) is 13.1. The van der Waals surface area contributed by atoms with Crippen LogP contribution in [0.15, 0.2) is 48.5 Å². The summed E-state index contributed by atoms with van der Waals surface area (Å²) in [6.07, 6.45) is 0. The lowest BCUT2D eigenvalue weighted by Gasteiger charge is -2.13. The number of ether oxygens (including phenoxy) is 2. The Morgan fingerprint density at radius 3 is 2.57 bits per heavy atom. The normalized spacial score (nSPS) is 12.1. The number of rotatable bonds is 7. The first-order valence-corrected chi connectivity index (χ1v) is 7.29. The number of hydrogen-bond acceptors (Lipinski definition) is 3. The monoisotopic (exact) mass is 305 g/mol. The molecule has 0 bridgehead atoms. The van der Waals surface area contributed by atoms with E-state index < -0.39 is 0 Å². The summed E-state index contributed by atoms with van der Waals surface area (Å²) in [5.41, 5.74) is 2.24. The zero-order chi connectivity index (χ0) is 15.1. The maximum Gasteiger partial charge on any atom is 0.189 e. The molecule has 2 rings (SSSR count). The lowest BCUT2D eigenvalue weighted by atomic mass is 10.1. The van der Waals surface area contributed by atoms with Crippen LogP contribution in [0.1, 0.15) is 24.1 Å². The number of benzene rings is 2. The molecule has 21 heavy (non-hydrogen) atoms. The summed E-state index contributed by atoms with van der Waals surface area (Å²) in [4.78, 5) is 0. The maximum absolute atomic E-state index is 6.22. The van der Waals surface area contributed by atoms with Gasteiger partial charge >= 0.3 is 0 Å². The number of hydrogen-bond donors (Lipinski definition) is 1. The molecule has 0 amide bonds. The third kappa shape index (κ3) is 4.74. The Hall–Kier alpha value is -1.55. The van der Waals surface area contributed by atoms with E-state index in [2.05, 4.69) is 12.2 Å². The predicted octanol–water partition coefficient (Wildman–Crippen LogP) is 4.17. The molecule has 0 saturated carbocycles. The van der Waals surface area contributed by atoms with Gasteiger partial charge in [0.25, 0.3) is 0 Å². The fourth-order valence-electron chi connectivity index (χ4n) is 1.91. The van der Waals surface area contributed by atoms with E-state index in [1.54, 1.807) is 0 Å². The summed E-state index contributed by atoms with van der Waals surface area (Å²) < 4.78 is 11.0.